The Morgan fingerprint density at radius 3 is 2.18 bits per heavy atom. The molecule has 0 radical (unpaired) electrons. The molecule has 1 aromatic rings. The molecule has 1 rings (SSSR count). The van der Waals surface area contributed by atoms with Crippen molar-refractivity contribution in [3.63, 3.8) is 0 Å². The van der Waals surface area contributed by atoms with Gasteiger partial charge in [-0.3, -0.25) is 4.79 Å². The molecule has 1 aromatic carbocycles. The maximum absolute atomic E-state index is 11.6. The first-order valence-electron chi connectivity index (χ1n) is 5.42. The van der Waals surface area contributed by atoms with Crippen LogP contribution in [-0.2, 0) is 4.79 Å². The molecule has 96 valence electrons. The van der Waals surface area contributed by atoms with E-state index in [1.54, 1.807) is 0 Å². The summed E-state index contributed by atoms with van der Waals surface area (Å²) in [5.74, 6) is 0.0244. The number of benzene rings is 1. The maximum Gasteiger partial charge on any atom is 0.238 e. The number of hydrogen-bond donors (Lipinski definition) is 1. The summed E-state index contributed by atoms with van der Waals surface area (Å²) in [7, 11) is 3.76. The highest BCUT2D eigenvalue weighted by Crippen LogP contribution is 2.19. The molecule has 0 bridgehead atoms. The molecule has 3 nitrogen and oxygen atoms in total. The average Bonchev–Trinajstić information content (AvgIpc) is 2.12. The second kappa shape index (κ2) is 6.62. The lowest BCUT2D eigenvalue weighted by molar-refractivity contribution is -0.116. The van der Waals surface area contributed by atoms with Crippen LogP contribution in [0.1, 0.15) is 16.7 Å². The van der Waals surface area contributed by atoms with Crippen LogP contribution in [-0.4, -0.2) is 31.4 Å². The van der Waals surface area contributed by atoms with Gasteiger partial charge >= 0.3 is 0 Å². The molecule has 1 N–H and O–H groups in total. The topological polar surface area (TPSA) is 32.3 Å². The molecular weight excluding hydrogens is 236 g/mol. The van der Waals surface area contributed by atoms with Crippen LogP contribution in [0.4, 0.5) is 5.69 Å². The van der Waals surface area contributed by atoms with Crippen LogP contribution in [0.3, 0.4) is 0 Å². The first-order valence-corrected chi connectivity index (χ1v) is 5.42. The molecule has 1 amide bonds. The van der Waals surface area contributed by atoms with Crippen LogP contribution < -0.4 is 5.32 Å². The highest BCUT2D eigenvalue weighted by molar-refractivity contribution is 5.93. The van der Waals surface area contributed by atoms with Crippen LogP contribution in [0.15, 0.2) is 12.1 Å². The lowest BCUT2D eigenvalue weighted by Gasteiger charge is -2.13. The molecule has 0 aromatic heterocycles. The van der Waals surface area contributed by atoms with Gasteiger partial charge < -0.3 is 10.2 Å². The highest BCUT2D eigenvalue weighted by atomic mass is 35.5. The highest BCUT2D eigenvalue weighted by Gasteiger charge is 2.07. The van der Waals surface area contributed by atoms with E-state index in [0.717, 1.165) is 11.3 Å². The standard InChI is InChI=1S/C13H20N2O.ClH/c1-9-6-11(3)12(7-10(9)2)14-13(16)8-15(4)5;/h6-7H,8H2,1-5H3,(H,14,16);1H. The van der Waals surface area contributed by atoms with Crippen LogP contribution in [0.2, 0.25) is 0 Å². The fraction of sp³-hybridized carbons (Fsp3) is 0.462. The number of aryl methyl sites for hydroxylation is 3. The Bertz CT molecular complexity index is 403. The molecule has 0 spiro atoms. The Labute approximate surface area is 110 Å². The number of carbonyl (C=O) groups is 1. The normalized spacial score (nSPS) is 10.0. The summed E-state index contributed by atoms with van der Waals surface area (Å²) < 4.78 is 0. The van der Waals surface area contributed by atoms with Gasteiger partial charge in [-0.1, -0.05) is 6.07 Å². The summed E-state index contributed by atoms with van der Waals surface area (Å²) >= 11 is 0. The first kappa shape index (κ1) is 15.9. The average molecular weight is 257 g/mol. The van der Waals surface area contributed by atoms with E-state index >= 15 is 0 Å². The largest absolute Gasteiger partial charge is 0.325 e. The van der Waals surface area contributed by atoms with Crippen LogP contribution in [0.5, 0.6) is 0 Å². The summed E-state index contributed by atoms with van der Waals surface area (Å²) in [4.78, 5) is 13.5. The smallest absolute Gasteiger partial charge is 0.238 e. The van der Waals surface area contributed by atoms with Crippen molar-refractivity contribution in [1.29, 1.82) is 0 Å². The number of halogens is 1. The zero-order valence-corrected chi connectivity index (χ0v) is 11.9. The van der Waals surface area contributed by atoms with E-state index < -0.39 is 0 Å². The minimum Gasteiger partial charge on any atom is -0.325 e. The number of likely N-dealkylation sites (N-methyl/N-ethyl adjacent to an activating group) is 1. The van der Waals surface area contributed by atoms with Gasteiger partial charge in [-0.25, -0.2) is 0 Å². The Hall–Kier alpha value is -1.06. The fourth-order valence-electron chi connectivity index (χ4n) is 1.57. The van der Waals surface area contributed by atoms with Gasteiger partial charge in [0.2, 0.25) is 5.91 Å². The van der Waals surface area contributed by atoms with Crippen molar-refractivity contribution < 1.29 is 4.79 Å². The van der Waals surface area contributed by atoms with Crippen molar-refractivity contribution in [2.75, 3.05) is 26.0 Å². The van der Waals surface area contributed by atoms with Crippen molar-refractivity contribution in [2.45, 2.75) is 20.8 Å². The van der Waals surface area contributed by atoms with E-state index in [0.29, 0.717) is 6.54 Å². The number of nitrogens with zero attached hydrogens (tertiary/aromatic N) is 1. The third-order valence-electron chi connectivity index (χ3n) is 2.57. The van der Waals surface area contributed by atoms with Crippen LogP contribution >= 0.6 is 12.4 Å². The predicted molar refractivity (Wildman–Crippen MR) is 75.1 cm³/mol. The molecule has 0 atom stereocenters. The molecule has 0 saturated carbocycles. The molecule has 0 aliphatic heterocycles. The molecule has 0 aliphatic rings. The summed E-state index contributed by atoms with van der Waals surface area (Å²) in [6.45, 7) is 6.55. The van der Waals surface area contributed by atoms with E-state index in [2.05, 4.69) is 25.2 Å². The van der Waals surface area contributed by atoms with Gasteiger partial charge in [-0.2, -0.15) is 0 Å². The van der Waals surface area contributed by atoms with E-state index in [-0.39, 0.29) is 18.3 Å². The molecular formula is C13H21ClN2O. The number of rotatable bonds is 3. The number of nitrogens with one attached hydrogen (secondary N) is 1. The van der Waals surface area contributed by atoms with Gasteiger partial charge in [-0.05, 0) is 57.6 Å². The van der Waals surface area contributed by atoms with Gasteiger partial charge in [0.25, 0.3) is 0 Å². The Morgan fingerprint density at radius 1 is 1.12 bits per heavy atom. The van der Waals surface area contributed by atoms with Crippen molar-refractivity contribution in [3.8, 4) is 0 Å². The zero-order chi connectivity index (χ0) is 12.3. The van der Waals surface area contributed by atoms with Gasteiger partial charge in [0, 0.05) is 5.69 Å². The molecule has 17 heavy (non-hydrogen) atoms. The molecule has 0 aliphatic carbocycles. The van der Waals surface area contributed by atoms with Crippen molar-refractivity contribution in [3.05, 3.63) is 28.8 Å². The minimum absolute atomic E-state index is 0. The third kappa shape index (κ3) is 4.75. The predicted octanol–water partition coefficient (Wildman–Crippen LogP) is 2.53. The number of amides is 1. The second-order valence-electron chi connectivity index (χ2n) is 4.54. The van der Waals surface area contributed by atoms with Gasteiger partial charge in [-0.15, -0.1) is 12.4 Å². The third-order valence-corrected chi connectivity index (χ3v) is 2.57. The lowest BCUT2D eigenvalue weighted by atomic mass is 10.0. The number of hydrogen-bond acceptors (Lipinski definition) is 2. The summed E-state index contributed by atoms with van der Waals surface area (Å²) in [5.41, 5.74) is 4.47. The van der Waals surface area contributed by atoms with Crippen molar-refractivity contribution in [2.24, 2.45) is 0 Å². The van der Waals surface area contributed by atoms with Gasteiger partial charge in [0.05, 0.1) is 6.54 Å². The Balaban J connectivity index is 0.00000256. The summed E-state index contributed by atoms with van der Waals surface area (Å²) in [6, 6.07) is 4.12. The zero-order valence-electron chi connectivity index (χ0n) is 11.1. The molecule has 0 unspecified atom stereocenters. The maximum atomic E-state index is 11.6. The van der Waals surface area contributed by atoms with E-state index in [1.165, 1.54) is 11.1 Å². The van der Waals surface area contributed by atoms with Gasteiger partial charge in [0.1, 0.15) is 0 Å². The van der Waals surface area contributed by atoms with Crippen LogP contribution in [0.25, 0.3) is 0 Å². The van der Waals surface area contributed by atoms with Crippen molar-refractivity contribution in [1.82, 2.24) is 4.90 Å². The van der Waals surface area contributed by atoms with Crippen LogP contribution in [0, 0.1) is 20.8 Å². The quantitative estimate of drug-likeness (QED) is 0.902. The minimum atomic E-state index is 0. The van der Waals surface area contributed by atoms with Crippen molar-refractivity contribution >= 4 is 24.0 Å². The molecule has 4 heteroatoms. The first-order chi connectivity index (χ1) is 7.40. The SMILES string of the molecule is Cc1cc(C)c(NC(=O)CN(C)C)cc1C.Cl. The molecule has 0 fully saturated rings. The van der Waals surface area contributed by atoms with Gasteiger partial charge in [0.15, 0.2) is 0 Å². The Morgan fingerprint density at radius 2 is 1.65 bits per heavy atom. The Kier molecular flexibility index (Phi) is 6.21. The molecule has 0 saturated heterocycles. The van der Waals surface area contributed by atoms with E-state index in [4.69, 9.17) is 0 Å². The van der Waals surface area contributed by atoms with E-state index in [1.807, 2.05) is 32.0 Å². The molecule has 0 heterocycles. The number of carbonyl (C=O) groups excluding carboxylic acids is 1. The lowest BCUT2D eigenvalue weighted by Crippen LogP contribution is -2.27. The second-order valence-corrected chi connectivity index (χ2v) is 4.54. The number of anilines is 1. The summed E-state index contributed by atoms with van der Waals surface area (Å²) in [5, 5.41) is 2.93. The summed E-state index contributed by atoms with van der Waals surface area (Å²) in [6.07, 6.45) is 0. The monoisotopic (exact) mass is 256 g/mol. The fourth-order valence-corrected chi connectivity index (χ4v) is 1.57. The van der Waals surface area contributed by atoms with E-state index in [9.17, 15) is 4.79 Å².